The zero-order chi connectivity index (χ0) is 33.0. The third-order valence-corrected chi connectivity index (χ3v) is 10.6. The van der Waals surface area contributed by atoms with Gasteiger partial charge in [-0.1, -0.05) is 239 Å². The predicted molar refractivity (Wildman–Crippen MR) is 204 cm³/mol. The molecule has 0 amide bonds. The second-order valence-corrected chi connectivity index (χ2v) is 15.2. The molecule has 1 unspecified atom stereocenters. The molecule has 0 aromatic rings. The molecule has 1 heterocycles. The predicted octanol–water partition coefficient (Wildman–Crippen LogP) is 15.9. The molecule has 1 aliphatic heterocycles. The van der Waals surface area contributed by atoms with Crippen molar-refractivity contribution in [2.45, 2.75) is 258 Å². The summed E-state index contributed by atoms with van der Waals surface area (Å²) in [5.41, 5.74) is 0. The molecule has 1 saturated heterocycles. The zero-order valence-electron chi connectivity index (χ0n) is 31.8. The molecular formula is C44H84O2. The molecule has 1 rings (SSSR count). The van der Waals surface area contributed by atoms with Gasteiger partial charge in [-0.2, -0.15) is 0 Å². The van der Waals surface area contributed by atoms with E-state index in [0.29, 0.717) is 0 Å². The minimum Gasteiger partial charge on any atom is -0.430 e. The molecule has 2 heteroatoms. The van der Waals surface area contributed by atoms with Gasteiger partial charge in [0.05, 0.1) is 0 Å². The van der Waals surface area contributed by atoms with Crippen LogP contribution in [0.3, 0.4) is 0 Å². The van der Waals surface area contributed by atoms with E-state index >= 15 is 0 Å². The van der Waals surface area contributed by atoms with E-state index in [1.54, 1.807) is 0 Å². The van der Waals surface area contributed by atoms with Gasteiger partial charge < -0.3 is 4.74 Å². The number of esters is 1. The Morgan fingerprint density at radius 2 is 0.652 bits per heavy atom. The summed E-state index contributed by atoms with van der Waals surface area (Å²) in [5.74, 6) is 1.09. The Labute approximate surface area is 290 Å². The summed E-state index contributed by atoms with van der Waals surface area (Å²) in [4.78, 5) is 12.0. The van der Waals surface area contributed by atoms with Gasteiger partial charge in [0.15, 0.2) is 0 Å². The van der Waals surface area contributed by atoms with Crippen molar-refractivity contribution in [2.24, 2.45) is 5.92 Å². The zero-order valence-corrected chi connectivity index (χ0v) is 31.8. The molecule has 0 spiro atoms. The fourth-order valence-electron chi connectivity index (χ4n) is 7.30. The van der Waals surface area contributed by atoms with Gasteiger partial charge in [-0.15, -0.1) is 0 Å². The first-order chi connectivity index (χ1) is 22.8. The second-order valence-electron chi connectivity index (χ2n) is 15.2. The molecule has 2 nitrogen and oxygen atoms in total. The number of carbonyl (C=O) groups is 1. The van der Waals surface area contributed by atoms with Gasteiger partial charge in [0.1, 0.15) is 11.7 Å². The maximum Gasteiger partial charge on any atom is 0.321 e. The number of carbonyl (C=O) groups excluding carboxylic acids is 1. The molecule has 46 heavy (non-hydrogen) atoms. The van der Waals surface area contributed by atoms with E-state index in [1.807, 2.05) is 0 Å². The summed E-state index contributed by atoms with van der Waals surface area (Å²) in [6, 6.07) is 0. The summed E-state index contributed by atoms with van der Waals surface area (Å²) in [6.45, 7) is 4.60. The molecule has 0 saturated carbocycles. The van der Waals surface area contributed by atoms with Crippen LogP contribution in [0.2, 0.25) is 0 Å². The van der Waals surface area contributed by atoms with Crippen molar-refractivity contribution in [1.82, 2.24) is 0 Å². The lowest BCUT2D eigenvalue weighted by Crippen LogP contribution is -2.32. The Morgan fingerprint density at radius 3 is 0.935 bits per heavy atom. The highest BCUT2D eigenvalue weighted by Gasteiger charge is 2.36. The van der Waals surface area contributed by atoms with Gasteiger partial charge in [0, 0.05) is 0 Å². The molecule has 0 aromatic heterocycles. The number of rotatable bonds is 38. The van der Waals surface area contributed by atoms with E-state index in [0.717, 1.165) is 18.6 Å². The van der Waals surface area contributed by atoms with Crippen LogP contribution in [0, 0.1) is 5.92 Å². The van der Waals surface area contributed by atoms with Crippen molar-refractivity contribution in [3.8, 4) is 0 Å². The first kappa shape index (κ1) is 43.2. The van der Waals surface area contributed by atoms with E-state index in [4.69, 9.17) is 4.74 Å². The maximum atomic E-state index is 12.0. The second kappa shape index (κ2) is 35.5. The van der Waals surface area contributed by atoms with Crippen LogP contribution < -0.4 is 0 Å². The highest BCUT2D eigenvalue weighted by molar-refractivity contribution is 5.82. The van der Waals surface area contributed by atoms with Crippen LogP contribution in [0.4, 0.5) is 0 Å². The van der Waals surface area contributed by atoms with E-state index in [9.17, 15) is 4.79 Å². The van der Waals surface area contributed by atoms with Crippen LogP contribution >= 0.6 is 0 Å². The van der Waals surface area contributed by atoms with E-state index in [-0.39, 0.29) is 11.9 Å². The van der Waals surface area contributed by atoms with Crippen molar-refractivity contribution in [3.63, 3.8) is 0 Å². The van der Waals surface area contributed by atoms with Crippen LogP contribution in [0.15, 0.2) is 11.8 Å². The lowest BCUT2D eigenvalue weighted by molar-refractivity contribution is -0.157. The lowest BCUT2D eigenvalue weighted by atomic mass is 9.93. The average molecular weight is 645 g/mol. The molecule has 1 fully saturated rings. The quantitative estimate of drug-likeness (QED) is 0.0494. The van der Waals surface area contributed by atoms with Gasteiger partial charge >= 0.3 is 5.97 Å². The maximum absolute atomic E-state index is 12.0. The van der Waals surface area contributed by atoms with Crippen molar-refractivity contribution >= 4 is 5.97 Å². The molecule has 0 aromatic carbocycles. The Kier molecular flexibility index (Phi) is 33.4. The van der Waals surface area contributed by atoms with Crippen LogP contribution in [-0.2, 0) is 9.53 Å². The fourth-order valence-corrected chi connectivity index (χ4v) is 7.30. The smallest absolute Gasteiger partial charge is 0.321 e. The largest absolute Gasteiger partial charge is 0.430 e. The van der Waals surface area contributed by atoms with Crippen LogP contribution in [-0.4, -0.2) is 5.97 Å². The number of cyclic esters (lactones) is 1. The van der Waals surface area contributed by atoms with Gasteiger partial charge in [0.25, 0.3) is 0 Å². The van der Waals surface area contributed by atoms with Crippen LogP contribution in [0.25, 0.3) is 0 Å². The average Bonchev–Trinajstić information content (AvgIpc) is 3.06. The standard InChI is InChI=1S/C44H84O2/c1-3-5-7-9-11-13-15-17-19-21-23-25-27-29-31-33-35-37-39-41-43-42(44(45)46-43)40-38-36-34-32-30-28-26-24-22-20-18-16-14-12-10-8-6-4-2/h41-42H,3-40H2,1-2H3. The van der Waals surface area contributed by atoms with Crippen molar-refractivity contribution in [2.75, 3.05) is 0 Å². The molecular weight excluding hydrogens is 560 g/mol. The summed E-state index contributed by atoms with van der Waals surface area (Å²) >= 11 is 0. The van der Waals surface area contributed by atoms with E-state index in [1.165, 1.54) is 231 Å². The summed E-state index contributed by atoms with van der Waals surface area (Å²) < 4.78 is 5.40. The van der Waals surface area contributed by atoms with E-state index < -0.39 is 0 Å². The molecule has 0 N–H and O–H groups in total. The van der Waals surface area contributed by atoms with Crippen LogP contribution in [0.1, 0.15) is 258 Å². The van der Waals surface area contributed by atoms with Gasteiger partial charge in [0.2, 0.25) is 0 Å². The first-order valence-electron chi connectivity index (χ1n) is 21.7. The third-order valence-electron chi connectivity index (χ3n) is 10.6. The minimum absolute atomic E-state index is 0.0241. The van der Waals surface area contributed by atoms with Gasteiger partial charge in [-0.3, -0.25) is 4.79 Å². The number of unbranched alkanes of at least 4 members (excludes halogenated alkanes) is 35. The molecule has 1 aliphatic rings. The Morgan fingerprint density at radius 1 is 0.391 bits per heavy atom. The van der Waals surface area contributed by atoms with Crippen LogP contribution in [0.5, 0.6) is 0 Å². The number of ether oxygens (including phenoxy) is 1. The third kappa shape index (κ3) is 28.2. The number of allylic oxidation sites excluding steroid dienone is 1. The lowest BCUT2D eigenvalue weighted by Gasteiger charge is -2.28. The number of hydrogen-bond acceptors (Lipinski definition) is 2. The highest BCUT2D eigenvalue weighted by Crippen LogP contribution is 2.32. The summed E-state index contributed by atoms with van der Waals surface area (Å²) in [6.07, 6.45) is 55.1. The monoisotopic (exact) mass is 645 g/mol. The Hall–Kier alpha value is -0.790. The fraction of sp³-hybridized carbons (Fsp3) is 0.932. The summed E-state index contributed by atoms with van der Waals surface area (Å²) in [7, 11) is 0. The molecule has 0 aliphatic carbocycles. The molecule has 0 bridgehead atoms. The van der Waals surface area contributed by atoms with Crippen molar-refractivity contribution in [1.29, 1.82) is 0 Å². The van der Waals surface area contributed by atoms with Gasteiger partial charge in [-0.05, 0) is 25.3 Å². The molecule has 1 atom stereocenters. The topological polar surface area (TPSA) is 26.3 Å². The van der Waals surface area contributed by atoms with E-state index in [2.05, 4.69) is 19.9 Å². The first-order valence-corrected chi connectivity index (χ1v) is 21.7. The number of hydrogen-bond donors (Lipinski definition) is 0. The summed E-state index contributed by atoms with van der Waals surface area (Å²) in [5, 5.41) is 0. The normalized spacial score (nSPS) is 15.5. The Bertz CT molecular complexity index is 652. The Balaban J connectivity index is 1.80. The van der Waals surface area contributed by atoms with Gasteiger partial charge in [-0.25, -0.2) is 0 Å². The minimum atomic E-state index is 0.0241. The SMILES string of the molecule is CCCCCCCCCCCCCCCCCCCCC=C1OC(=O)C1CCCCCCCCCCCCCCCCCCCC. The molecule has 0 radical (unpaired) electrons. The van der Waals surface area contributed by atoms with Crippen molar-refractivity contribution in [3.05, 3.63) is 11.8 Å². The highest BCUT2D eigenvalue weighted by atomic mass is 16.6. The van der Waals surface area contributed by atoms with Crippen molar-refractivity contribution < 1.29 is 9.53 Å². The molecule has 272 valence electrons.